The highest BCUT2D eigenvalue weighted by Crippen LogP contribution is 2.22. The van der Waals surface area contributed by atoms with Crippen LogP contribution >= 0.6 is 0 Å². The third kappa shape index (κ3) is 4.99. The average Bonchev–Trinajstić information content (AvgIpc) is 2.25. The Morgan fingerprint density at radius 3 is 2.26 bits per heavy atom. The van der Waals surface area contributed by atoms with Gasteiger partial charge < -0.3 is 5.32 Å². The van der Waals surface area contributed by atoms with Crippen LogP contribution in [0.25, 0.3) is 0 Å². The Labute approximate surface area is 108 Å². The molecule has 19 heavy (non-hydrogen) atoms. The lowest BCUT2D eigenvalue weighted by Crippen LogP contribution is -2.36. The van der Waals surface area contributed by atoms with Gasteiger partial charge in [0.25, 0.3) is 0 Å². The minimum atomic E-state index is -4.44. The normalized spacial score (nSPS) is 14.2. The highest BCUT2D eigenvalue weighted by Gasteiger charge is 2.32. The number of nitrogens with one attached hydrogen (secondary N) is 2. The molecule has 0 spiro atoms. The standard InChI is InChI=1S/C9H13F3N4O2S/c1-6(3-9(10,11)12)16-19(17,18)7-4-14-8(13-2)15-5-7/h4-6,16H,3H2,1-2H3,(H,13,14,15). The minimum Gasteiger partial charge on any atom is -0.357 e. The fourth-order valence-electron chi connectivity index (χ4n) is 1.31. The van der Waals surface area contributed by atoms with Crippen molar-refractivity contribution in [3.63, 3.8) is 0 Å². The number of aromatic nitrogens is 2. The Hall–Kier alpha value is -1.42. The molecule has 0 aromatic carbocycles. The Bertz CT molecular complexity index is 515. The van der Waals surface area contributed by atoms with Crippen LogP contribution < -0.4 is 10.0 Å². The van der Waals surface area contributed by atoms with Crippen LogP contribution in [0.15, 0.2) is 17.3 Å². The van der Waals surface area contributed by atoms with E-state index in [9.17, 15) is 21.6 Å². The van der Waals surface area contributed by atoms with Gasteiger partial charge in [0.2, 0.25) is 16.0 Å². The van der Waals surface area contributed by atoms with Crippen LogP contribution in [0.3, 0.4) is 0 Å². The summed E-state index contributed by atoms with van der Waals surface area (Å²) in [5, 5.41) is 2.59. The van der Waals surface area contributed by atoms with Crippen LogP contribution in [-0.4, -0.2) is 37.7 Å². The number of hydrogen-bond acceptors (Lipinski definition) is 5. The monoisotopic (exact) mass is 298 g/mol. The number of sulfonamides is 1. The maximum absolute atomic E-state index is 12.1. The number of anilines is 1. The molecule has 1 aromatic heterocycles. The molecule has 0 aliphatic heterocycles. The van der Waals surface area contributed by atoms with Crippen molar-refractivity contribution in [2.24, 2.45) is 0 Å². The summed E-state index contributed by atoms with van der Waals surface area (Å²) in [6.45, 7) is 1.13. The molecular weight excluding hydrogens is 285 g/mol. The second kappa shape index (κ2) is 5.70. The van der Waals surface area contributed by atoms with Crippen LogP contribution in [-0.2, 0) is 10.0 Å². The van der Waals surface area contributed by atoms with E-state index in [2.05, 4.69) is 15.3 Å². The topological polar surface area (TPSA) is 84.0 Å². The van der Waals surface area contributed by atoms with Gasteiger partial charge in [-0.1, -0.05) is 0 Å². The van der Waals surface area contributed by atoms with Gasteiger partial charge in [-0.05, 0) is 6.92 Å². The van der Waals surface area contributed by atoms with E-state index in [1.165, 1.54) is 0 Å². The summed E-state index contributed by atoms with van der Waals surface area (Å²) in [4.78, 5) is 7.07. The third-order valence-electron chi connectivity index (χ3n) is 2.06. The maximum atomic E-state index is 12.1. The van der Waals surface area contributed by atoms with Crippen molar-refractivity contribution < 1.29 is 21.6 Å². The summed E-state index contributed by atoms with van der Waals surface area (Å²) in [7, 11) is -2.51. The molecule has 0 saturated heterocycles. The van der Waals surface area contributed by atoms with E-state index in [0.717, 1.165) is 19.3 Å². The average molecular weight is 298 g/mol. The Morgan fingerprint density at radius 1 is 1.32 bits per heavy atom. The van der Waals surface area contributed by atoms with Crippen molar-refractivity contribution in [1.82, 2.24) is 14.7 Å². The van der Waals surface area contributed by atoms with Crippen LogP contribution in [0.1, 0.15) is 13.3 Å². The molecule has 0 fully saturated rings. The van der Waals surface area contributed by atoms with Crippen molar-refractivity contribution >= 4 is 16.0 Å². The number of hydrogen-bond donors (Lipinski definition) is 2. The summed E-state index contributed by atoms with van der Waals surface area (Å²) in [5.41, 5.74) is 0. The lowest BCUT2D eigenvalue weighted by Gasteiger charge is -2.15. The Kier molecular flexibility index (Phi) is 4.69. The van der Waals surface area contributed by atoms with Crippen LogP contribution in [0.5, 0.6) is 0 Å². The van der Waals surface area contributed by atoms with Gasteiger partial charge in [-0.15, -0.1) is 0 Å². The van der Waals surface area contributed by atoms with E-state index < -0.39 is 28.7 Å². The van der Waals surface area contributed by atoms with E-state index in [-0.39, 0.29) is 10.8 Å². The fourth-order valence-corrected chi connectivity index (χ4v) is 2.44. The summed E-state index contributed by atoms with van der Waals surface area (Å²) in [5.74, 6) is 0.210. The molecule has 1 aromatic rings. The van der Waals surface area contributed by atoms with Gasteiger partial charge in [-0.25, -0.2) is 23.1 Å². The van der Waals surface area contributed by atoms with Gasteiger partial charge in [-0.3, -0.25) is 0 Å². The molecule has 6 nitrogen and oxygen atoms in total. The van der Waals surface area contributed by atoms with E-state index in [1.54, 1.807) is 7.05 Å². The van der Waals surface area contributed by atoms with Crippen molar-refractivity contribution in [3.8, 4) is 0 Å². The molecule has 0 aliphatic rings. The van der Waals surface area contributed by atoms with Gasteiger partial charge in [0.1, 0.15) is 4.90 Å². The molecule has 2 N–H and O–H groups in total. The molecular formula is C9H13F3N4O2S. The highest BCUT2D eigenvalue weighted by molar-refractivity contribution is 7.89. The first-order valence-electron chi connectivity index (χ1n) is 5.23. The molecule has 1 rings (SSSR count). The smallest absolute Gasteiger partial charge is 0.357 e. The van der Waals surface area contributed by atoms with Crippen LogP contribution in [0.2, 0.25) is 0 Å². The molecule has 0 amide bonds. The second-order valence-corrected chi connectivity index (χ2v) is 5.55. The quantitative estimate of drug-likeness (QED) is 0.851. The molecule has 0 aliphatic carbocycles. The highest BCUT2D eigenvalue weighted by atomic mass is 32.2. The van der Waals surface area contributed by atoms with E-state index in [4.69, 9.17) is 0 Å². The van der Waals surface area contributed by atoms with Gasteiger partial charge in [0.05, 0.1) is 18.8 Å². The number of nitrogens with zero attached hydrogens (tertiary/aromatic N) is 2. The largest absolute Gasteiger partial charge is 0.390 e. The zero-order valence-corrected chi connectivity index (χ0v) is 11.0. The summed E-state index contributed by atoms with van der Waals surface area (Å²) in [6, 6.07) is -1.27. The van der Waals surface area contributed by atoms with Crippen molar-refractivity contribution in [1.29, 1.82) is 0 Å². The Balaban J connectivity index is 2.80. The molecule has 1 unspecified atom stereocenters. The molecule has 1 atom stereocenters. The zero-order chi connectivity index (χ0) is 14.7. The minimum absolute atomic E-state index is 0.210. The summed E-state index contributed by atoms with van der Waals surface area (Å²) < 4.78 is 61.8. The fraction of sp³-hybridized carbons (Fsp3) is 0.556. The van der Waals surface area contributed by atoms with Crippen LogP contribution in [0, 0.1) is 0 Å². The first-order chi connectivity index (χ1) is 8.64. The Morgan fingerprint density at radius 2 is 1.84 bits per heavy atom. The molecule has 0 radical (unpaired) electrons. The predicted octanol–water partition coefficient (Wildman–Crippen LogP) is 1.14. The van der Waals surface area contributed by atoms with Gasteiger partial charge in [0.15, 0.2) is 0 Å². The lowest BCUT2D eigenvalue weighted by molar-refractivity contribution is -0.137. The lowest BCUT2D eigenvalue weighted by atomic mass is 10.2. The zero-order valence-electron chi connectivity index (χ0n) is 10.2. The number of alkyl halides is 3. The third-order valence-corrected chi connectivity index (χ3v) is 3.60. The summed E-state index contributed by atoms with van der Waals surface area (Å²) in [6.07, 6.45) is -3.65. The molecule has 108 valence electrons. The van der Waals surface area contributed by atoms with E-state index in [1.807, 2.05) is 4.72 Å². The molecule has 0 bridgehead atoms. The van der Waals surface area contributed by atoms with Gasteiger partial charge >= 0.3 is 6.18 Å². The molecule has 0 saturated carbocycles. The first-order valence-corrected chi connectivity index (χ1v) is 6.71. The first kappa shape index (κ1) is 15.6. The van der Waals surface area contributed by atoms with Crippen LogP contribution in [0.4, 0.5) is 19.1 Å². The van der Waals surface area contributed by atoms with Gasteiger partial charge in [-0.2, -0.15) is 13.2 Å². The molecule has 1 heterocycles. The van der Waals surface area contributed by atoms with Crippen molar-refractivity contribution in [2.45, 2.75) is 30.5 Å². The van der Waals surface area contributed by atoms with Crippen molar-refractivity contribution in [2.75, 3.05) is 12.4 Å². The maximum Gasteiger partial charge on any atom is 0.390 e. The summed E-state index contributed by atoms with van der Waals surface area (Å²) >= 11 is 0. The van der Waals surface area contributed by atoms with Gasteiger partial charge in [0, 0.05) is 13.1 Å². The molecule has 10 heteroatoms. The number of halogens is 3. The second-order valence-electron chi connectivity index (χ2n) is 3.83. The number of rotatable bonds is 5. The van der Waals surface area contributed by atoms with E-state index in [0.29, 0.717) is 0 Å². The SMILES string of the molecule is CNc1ncc(S(=O)(=O)NC(C)CC(F)(F)F)cn1. The predicted molar refractivity (Wildman–Crippen MR) is 62.0 cm³/mol. The van der Waals surface area contributed by atoms with Crippen molar-refractivity contribution in [3.05, 3.63) is 12.4 Å². The van der Waals surface area contributed by atoms with E-state index >= 15 is 0 Å².